The fraction of sp³-hybridized carbons (Fsp3) is 0.438. The molecule has 2 heterocycles. The summed E-state index contributed by atoms with van der Waals surface area (Å²) in [5, 5.41) is 3.41. The van der Waals surface area contributed by atoms with Crippen LogP contribution in [0.4, 0.5) is 0 Å². The van der Waals surface area contributed by atoms with Crippen molar-refractivity contribution in [2.45, 2.75) is 52.6 Å². The molecule has 0 saturated carbocycles. The number of carbonyl (C=O) groups excluding carboxylic acids is 2. The summed E-state index contributed by atoms with van der Waals surface area (Å²) in [5.74, 6) is 0.956. The molecule has 8 nitrogen and oxygen atoms in total. The maximum absolute atomic E-state index is 14.0. The second-order valence-corrected chi connectivity index (χ2v) is 10.1. The highest BCUT2D eigenvalue weighted by Crippen LogP contribution is 2.36. The van der Waals surface area contributed by atoms with E-state index in [4.69, 9.17) is 14.2 Å². The van der Waals surface area contributed by atoms with Crippen LogP contribution in [0.25, 0.3) is 5.69 Å². The lowest BCUT2D eigenvalue weighted by molar-refractivity contribution is -0.144. The topological polar surface area (TPSA) is 82.0 Å². The Balaban J connectivity index is 1.64. The highest BCUT2D eigenvalue weighted by molar-refractivity contribution is 5.94. The molecule has 1 N–H and O–H groups in total. The third-order valence-corrected chi connectivity index (χ3v) is 7.27. The molecule has 0 bridgehead atoms. The summed E-state index contributed by atoms with van der Waals surface area (Å²) < 4.78 is 19.0. The Morgan fingerprint density at radius 3 is 2.12 bits per heavy atom. The maximum Gasteiger partial charge on any atom is 0.308 e. The molecule has 1 aromatic heterocycles. The van der Waals surface area contributed by atoms with Crippen molar-refractivity contribution in [3.63, 3.8) is 0 Å². The van der Waals surface area contributed by atoms with Gasteiger partial charge in [0.15, 0.2) is 0 Å². The molecule has 0 aliphatic carbocycles. The summed E-state index contributed by atoms with van der Waals surface area (Å²) in [7, 11) is 1.40. The van der Waals surface area contributed by atoms with Gasteiger partial charge in [-0.3, -0.25) is 9.59 Å². The average molecular weight is 548 g/mol. The molecule has 0 spiro atoms. The van der Waals surface area contributed by atoms with Gasteiger partial charge in [0.1, 0.15) is 17.2 Å². The summed E-state index contributed by atoms with van der Waals surface area (Å²) in [6, 6.07) is 15.7. The van der Waals surface area contributed by atoms with Crippen molar-refractivity contribution in [3.05, 3.63) is 77.6 Å². The Bertz CT molecular complexity index is 1220. The van der Waals surface area contributed by atoms with Crippen LogP contribution in [-0.2, 0) is 22.5 Å². The molecule has 1 atom stereocenters. The first-order chi connectivity index (χ1) is 19.4. The van der Waals surface area contributed by atoms with Crippen molar-refractivity contribution in [1.29, 1.82) is 0 Å². The zero-order valence-electron chi connectivity index (χ0n) is 24.0. The molecule has 1 fully saturated rings. The molecule has 3 aromatic rings. The van der Waals surface area contributed by atoms with Gasteiger partial charge in [0, 0.05) is 30.5 Å². The van der Waals surface area contributed by atoms with E-state index in [9.17, 15) is 9.59 Å². The van der Waals surface area contributed by atoms with E-state index >= 15 is 0 Å². The van der Waals surface area contributed by atoms with Crippen LogP contribution in [0.5, 0.6) is 11.5 Å². The number of rotatable bonds is 12. The van der Waals surface area contributed by atoms with Crippen molar-refractivity contribution in [3.8, 4) is 17.2 Å². The summed E-state index contributed by atoms with van der Waals surface area (Å²) in [5.41, 5.74) is 3.44. The molecule has 2 aromatic carbocycles. The smallest absolute Gasteiger partial charge is 0.308 e. The molecular weight excluding hydrogens is 506 g/mol. The highest BCUT2D eigenvalue weighted by atomic mass is 16.5. The number of nitrogens with zero attached hydrogens (tertiary/aromatic N) is 2. The van der Waals surface area contributed by atoms with Gasteiger partial charge in [-0.15, -0.1) is 0 Å². The second-order valence-electron chi connectivity index (χ2n) is 10.1. The lowest BCUT2D eigenvalue weighted by Gasteiger charge is -2.35. The quantitative estimate of drug-likeness (QED) is 0.321. The lowest BCUT2D eigenvalue weighted by atomic mass is 9.98. The van der Waals surface area contributed by atoms with Crippen molar-refractivity contribution in [2.75, 3.05) is 33.4 Å². The fourth-order valence-electron chi connectivity index (χ4n) is 5.27. The third kappa shape index (κ3) is 7.04. The number of hydrogen-bond donors (Lipinski definition) is 1. The third-order valence-electron chi connectivity index (χ3n) is 7.27. The van der Waals surface area contributed by atoms with E-state index in [2.05, 4.69) is 5.32 Å². The molecule has 1 saturated heterocycles. The Labute approximate surface area is 237 Å². The molecule has 1 amide bonds. The van der Waals surface area contributed by atoms with Crippen LogP contribution in [-0.4, -0.2) is 60.8 Å². The lowest BCUT2D eigenvalue weighted by Crippen LogP contribution is -2.45. The summed E-state index contributed by atoms with van der Waals surface area (Å²) in [4.78, 5) is 27.8. The minimum absolute atomic E-state index is 0.00938. The van der Waals surface area contributed by atoms with Gasteiger partial charge in [-0.05, 0) is 93.7 Å². The second kappa shape index (κ2) is 14.0. The van der Waals surface area contributed by atoms with Crippen LogP contribution in [0.1, 0.15) is 55.1 Å². The normalized spacial score (nSPS) is 14.4. The van der Waals surface area contributed by atoms with Gasteiger partial charge in [0.05, 0.1) is 26.2 Å². The van der Waals surface area contributed by atoms with Gasteiger partial charge in [-0.2, -0.15) is 0 Å². The molecule has 1 unspecified atom stereocenters. The van der Waals surface area contributed by atoms with Crippen molar-refractivity contribution in [1.82, 2.24) is 14.8 Å². The van der Waals surface area contributed by atoms with Crippen molar-refractivity contribution in [2.24, 2.45) is 5.92 Å². The first-order valence-corrected chi connectivity index (χ1v) is 14.2. The van der Waals surface area contributed by atoms with E-state index in [1.807, 2.05) is 91.2 Å². The first kappa shape index (κ1) is 29.2. The van der Waals surface area contributed by atoms with E-state index in [-0.39, 0.29) is 23.8 Å². The van der Waals surface area contributed by atoms with Crippen LogP contribution in [0.2, 0.25) is 0 Å². The number of benzene rings is 2. The number of hydrogen-bond acceptors (Lipinski definition) is 6. The predicted octanol–water partition coefficient (Wildman–Crippen LogP) is 5.02. The van der Waals surface area contributed by atoms with E-state index in [1.54, 1.807) is 0 Å². The largest absolute Gasteiger partial charge is 0.492 e. The van der Waals surface area contributed by atoms with Gasteiger partial charge in [0.2, 0.25) is 0 Å². The van der Waals surface area contributed by atoms with E-state index in [0.29, 0.717) is 31.7 Å². The van der Waals surface area contributed by atoms with Gasteiger partial charge < -0.3 is 29.0 Å². The molecule has 1 aliphatic heterocycles. The van der Waals surface area contributed by atoms with Gasteiger partial charge >= 0.3 is 5.97 Å². The number of amides is 1. The van der Waals surface area contributed by atoms with Crippen LogP contribution < -0.4 is 14.8 Å². The number of aromatic nitrogens is 1. The highest BCUT2D eigenvalue weighted by Gasteiger charge is 2.28. The Morgan fingerprint density at radius 2 is 1.57 bits per heavy atom. The van der Waals surface area contributed by atoms with Crippen LogP contribution in [0.15, 0.2) is 60.9 Å². The van der Waals surface area contributed by atoms with Crippen LogP contribution in [0, 0.1) is 5.92 Å². The van der Waals surface area contributed by atoms with Crippen LogP contribution in [0.3, 0.4) is 0 Å². The van der Waals surface area contributed by atoms with E-state index in [0.717, 1.165) is 54.2 Å². The molecule has 1 aliphatic rings. The monoisotopic (exact) mass is 547 g/mol. The van der Waals surface area contributed by atoms with Gasteiger partial charge in [-0.1, -0.05) is 19.1 Å². The molecular formula is C32H41N3O5. The van der Waals surface area contributed by atoms with E-state index in [1.165, 1.54) is 7.11 Å². The standard InChI is InChI=1S/C32H41N3O5/c1-5-39-28-20-25(21-29(40-6-2)30(28)34-17-7-8-18-34)22-35(27-13-15-33-16-14-27)31(36)26-11-9-24(10-12-26)19-23(3)32(37)38-4/h7-12,17-18,20-21,23,27,33H,5-6,13-16,19,22H2,1-4H3. The summed E-state index contributed by atoms with van der Waals surface area (Å²) in [6.07, 6.45) is 6.28. The minimum Gasteiger partial charge on any atom is -0.492 e. The number of ether oxygens (including phenoxy) is 3. The maximum atomic E-state index is 14.0. The molecule has 8 heteroatoms. The first-order valence-electron chi connectivity index (χ1n) is 14.2. The fourth-order valence-corrected chi connectivity index (χ4v) is 5.27. The van der Waals surface area contributed by atoms with Gasteiger partial charge in [-0.25, -0.2) is 0 Å². The summed E-state index contributed by atoms with van der Waals surface area (Å²) >= 11 is 0. The Kier molecular flexibility index (Phi) is 10.2. The Morgan fingerprint density at radius 1 is 0.975 bits per heavy atom. The van der Waals surface area contributed by atoms with E-state index < -0.39 is 0 Å². The SMILES string of the molecule is CCOc1cc(CN(C(=O)c2ccc(CC(C)C(=O)OC)cc2)C2CCNCC2)cc(OCC)c1-n1cccc1. The average Bonchev–Trinajstić information content (AvgIpc) is 3.51. The van der Waals surface area contributed by atoms with Crippen molar-refractivity contribution >= 4 is 11.9 Å². The molecule has 4 rings (SSSR count). The molecule has 40 heavy (non-hydrogen) atoms. The zero-order chi connectivity index (χ0) is 28.5. The number of carbonyl (C=O) groups is 2. The number of methoxy groups -OCH3 is 1. The molecule has 0 radical (unpaired) electrons. The zero-order valence-corrected chi connectivity index (χ0v) is 24.0. The number of piperidine rings is 1. The number of esters is 1. The number of nitrogens with one attached hydrogen (secondary N) is 1. The van der Waals surface area contributed by atoms with Crippen LogP contribution >= 0.6 is 0 Å². The summed E-state index contributed by atoms with van der Waals surface area (Å²) in [6.45, 7) is 9.00. The van der Waals surface area contributed by atoms with Gasteiger partial charge in [0.25, 0.3) is 5.91 Å². The minimum atomic E-state index is -0.244. The molecule has 214 valence electrons. The van der Waals surface area contributed by atoms with Crippen molar-refractivity contribution < 1.29 is 23.8 Å². The predicted molar refractivity (Wildman–Crippen MR) is 155 cm³/mol. The Hall–Kier alpha value is -3.78.